The van der Waals surface area contributed by atoms with Crippen LogP contribution in [0.15, 0.2) is 65.0 Å². The SMILES string of the molecule is CNS(=O)(=O)c1cccc(C(=O)Nc2ccc(C(=O)Nc3nccs3)cc2)c1. The van der Waals surface area contributed by atoms with E-state index in [1.165, 1.54) is 42.6 Å². The van der Waals surface area contributed by atoms with E-state index in [0.717, 1.165) is 0 Å². The summed E-state index contributed by atoms with van der Waals surface area (Å²) >= 11 is 1.31. The number of carbonyl (C=O) groups is 2. The molecule has 10 heteroatoms. The Balaban J connectivity index is 1.69. The van der Waals surface area contributed by atoms with E-state index in [1.54, 1.807) is 35.8 Å². The van der Waals surface area contributed by atoms with Gasteiger partial charge in [0.2, 0.25) is 10.0 Å². The smallest absolute Gasteiger partial charge is 0.257 e. The molecule has 2 aromatic carbocycles. The van der Waals surface area contributed by atoms with Crippen molar-refractivity contribution >= 4 is 44.0 Å². The molecule has 0 aliphatic carbocycles. The van der Waals surface area contributed by atoms with Crippen molar-refractivity contribution in [2.24, 2.45) is 0 Å². The minimum Gasteiger partial charge on any atom is -0.322 e. The van der Waals surface area contributed by atoms with Crippen LogP contribution in [0.3, 0.4) is 0 Å². The molecule has 28 heavy (non-hydrogen) atoms. The first-order valence-corrected chi connectivity index (χ1v) is 10.4. The molecule has 0 saturated heterocycles. The van der Waals surface area contributed by atoms with Crippen molar-refractivity contribution in [1.82, 2.24) is 9.71 Å². The van der Waals surface area contributed by atoms with Gasteiger partial charge in [-0.15, -0.1) is 11.3 Å². The number of nitrogens with one attached hydrogen (secondary N) is 3. The van der Waals surface area contributed by atoms with E-state index in [9.17, 15) is 18.0 Å². The third-order valence-electron chi connectivity index (χ3n) is 3.73. The van der Waals surface area contributed by atoms with E-state index in [-0.39, 0.29) is 16.4 Å². The largest absolute Gasteiger partial charge is 0.322 e. The van der Waals surface area contributed by atoms with Crippen molar-refractivity contribution in [3.63, 3.8) is 0 Å². The Kier molecular flexibility index (Phi) is 5.83. The average Bonchev–Trinajstić information content (AvgIpc) is 3.21. The van der Waals surface area contributed by atoms with Crippen LogP contribution in [0.25, 0.3) is 0 Å². The molecule has 0 saturated carbocycles. The minimum atomic E-state index is -3.64. The molecule has 0 bridgehead atoms. The fourth-order valence-corrected chi connectivity index (χ4v) is 3.58. The highest BCUT2D eigenvalue weighted by Gasteiger charge is 2.15. The van der Waals surface area contributed by atoms with Gasteiger partial charge >= 0.3 is 0 Å². The third kappa shape index (κ3) is 4.60. The van der Waals surface area contributed by atoms with Gasteiger partial charge in [-0.3, -0.25) is 14.9 Å². The van der Waals surface area contributed by atoms with Crippen LogP contribution in [0, 0.1) is 0 Å². The van der Waals surface area contributed by atoms with Gasteiger partial charge in [0, 0.05) is 28.4 Å². The highest BCUT2D eigenvalue weighted by molar-refractivity contribution is 7.89. The number of hydrogen-bond acceptors (Lipinski definition) is 6. The number of thiazole rings is 1. The number of hydrogen-bond donors (Lipinski definition) is 3. The second-order valence-electron chi connectivity index (χ2n) is 5.56. The molecule has 1 aromatic heterocycles. The molecule has 0 atom stereocenters. The molecular weight excluding hydrogens is 400 g/mol. The van der Waals surface area contributed by atoms with Gasteiger partial charge in [-0.1, -0.05) is 6.07 Å². The van der Waals surface area contributed by atoms with Gasteiger partial charge in [0.1, 0.15) is 0 Å². The zero-order chi connectivity index (χ0) is 20.1. The van der Waals surface area contributed by atoms with Crippen LogP contribution in [0.1, 0.15) is 20.7 Å². The molecule has 144 valence electrons. The Hall–Kier alpha value is -3.08. The third-order valence-corrected chi connectivity index (χ3v) is 5.83. The lowest BCUT2D eigenvalue weighted by Crippen LogP contribution is -2.19. The fraction of sp³-hybridized carbons (Fsp3) is 0.0556. The molecule has 0 fully saturated rings. The van der Waals surface area contributed by atoms with Gasteiger partial charge in [0.05, 0.1) is 4.90 Å². The first-order valence-electron chi connectivity index (χ1n) is 8.05. The first-order chi connectivity index (χ1) is 13.4. The van der Waals surface area contributed by atoms with Crippen LogP contribution in [0.5, 0.6) is 0 Å². The van der Waals surface area contributed by atoms with E-state index in [2.05, 4.69) is 20.3 Å². The lowest BCUT2D eigenvalue weighted by Gasteiger charge is -2.08. The van der Waals surface area contributed by atoms with E-state index >= 15 is 0 Å². The Bertz CT molecular complexity index is 1090. The maximum Gasteiger partial charge on any atom is 0.257 e. The summed E-state index contributed by atoms with van der Waals surface area (Å²) in [5, 5.41) is 7.59. The number of rotatable bonds is 6. The van der Waals surface area contributed by atoms with Crippen LogP contribution in [-0.4, -0.2) is 32.3 Å². The highest BCUT2D eigenvalue weighted by atomic mass is 32.2. The Morgan fingerprint density at radius 3 is 2.32 bits per heavy atom. The summed E-state index contributed by atoms with van der Waals surface area (Å²) in [6, 6.07) is 12.0. The summed E-state index contributed by atoms with van der Waals surface area (Å²) in [5.41, 5.74) is 1.08. The molecule has 3 N–H and O–H groups in total. The van der Waals surface area contributed by atoms with Gasteiger partial charge < -0.3 is 5.32 Å². The van der Waals surface area contributed by atoms with Gasteiger partial charge in [-0.05, 0) is 49.5 Å². The second-order valence-corrected chi connectivity index (χ2v) is 8.34. The van der Waals surface area contributed by atoms with Gasteiger partial charge in [-0.25, -0.2) is 18.1 Å². The summed E-state index contributed by atoms with van der Waals surface area (Å²) in [6.07, 6.45) is 1.59. The van der Waals surface area contributed by atoms with E-state index in [4.69, 9.17) is 0 Å². The summed E-state index contributed by atoms with van der Waals surface area (Å²) in [7, 11) is -2.34. The normalized spacial score (nSPS) is 11.0. The van der Waals surface area contributed by atoms with E-state index < -0.39 is 15.9 Å². The van der Waals surface area contributed by atoms with Crippen LogP contribution in [0.2, 0.25) is 0 Å². The van der Waals surface area contributed by atoms with Crippen molar-refractivity contribution < 1.29 is 18.0 Å². The zero-order valence-electron chi connectivity index (χ0n) is 14.7. The maximum atomic E-state index is 12.4. The van der Waals surface area contributed by atoms with Crippen LogP contribution < -0.4 is 15.4 Å². The van der Waals surface area contributed by atoms with Gasteiger partial charge in [0.25, 0.3) is 11.8 Å². The minimum absolute atomic E-state index is 0.00291. The summed E-state index contributed by atoms with van der Waals surface area (Å²) in [6.45, 7) is 0. The fourth-order valence-electron chi connectivity index (χ4n) is 2.29. The molecule has 0 aliphatic rings. The van der Waals surface area contributed by atoms with E-state index in [0.29, 0.717) is 16.4 Å². The lowest BCUT2D eigenvalue weighted by molar-refractivity contribution is 0.101. The molecule has 0 unspecified atom stereocenters. The number of anilines is 2. The van der Waals surface area contributed by atoms with Crippen molar-refractivity contribution in [2.75, 3.05) is 17.7 Å². The topological polar surface area (TPSA) is 117 Å². The number of amides is 2. The Morgan fingerprint density at radius 2 is 1.68 bits per heavy atom. The molecule has 3 aromatic rings. The number of nitrogens with zero attached hydrogens (tertiary/aromatic N) is 1. The van der Waals surface area contributed by atoms with Crippen LogP contribution in [-0.2, 0) is 10.0 Å². The van der Waals surface area contributed by atoms with Crippen molar-refractivity contribution in [1.29, 1.82) is 0 Å². The van der Waals surface area contributed by atoms with Crippen molar-refractivity contribution in [3.05, 3.63) is 71.2 Å². The Labute approximate surface area is 165 Å². The quantitative estimate of drug-likeness (QED) is 0.571. The summed E-state index contributed by atoms with van der Waals surface area (Å²) < 4.78 is 25.9. The monoisotopic (exact) mass is 416 g/mol. The first kappa shape index (κ1) is 19.7. The van der Waals surface area contributed by atoms with Gasteiger partial charge in [0.15, 0.2) is 5.13 Å². The predicted octanol–water partition coefficient (Wildman–Crippen LogP) is 2.56. The van der Waals surface area contributed by atoms with E-state index in [1.807, 2.05) is 0 Å². The molecule has 8 nitrogen and oxygen atoms in total. The number of aromatic nitrogens is 1. The zero-order valence-corrected chi connectivity index (χ0v) is 16.3. The highest BCUT2D eigenvalue weighted by Crippen LogP contribution is 2.16. The molecule has 1 heterocycles. The number of sulfonamides is 1. The van der Waals surface area contributed by atoms with Crippen LogP contribution >= 0.6 is 11.3 Å². The number of carbonyl (C=O) groups excluding carboxylic acids is 2. The standard InChI is InChI=1S/C18H16N4O4S2/c1-19-28(25,26)15-4-2-3-13(11-15)17(24)21-14-7-5-12(6-8-14)16(23)22-18-20-9-10-27-18/h2-11,19H,1H3,(H,21,24)(H,20,22,23). The molecule has 2 amide bonds. The second kappa shape index (κ2) is 8.30. The summed E-state index contributed by atoms with van der Waals surface area (Å²) in [5.74, 6) is -0.772. The predicted molar refractivity (Wildman–Crippen MR) is 107 cm³/mol. The Morgan fingerprint density at radius 1 is 0.964 bits per heavy atom. The average molecular weight is 416 g/mol. The number of benzene rings is 2. The van der Waals surface area contributed by atoms with Crippen LogP contribution in [0.4, 0.5) is 10.8 Å². The molecule has 3 rings (SSSR count). The lowest BCUT2D eigenvalue weighted by atomic mass is 10.1. The summed E-state index contributed by atoms with van der Waals surface area (Å²) in [4.78, 5) is 28.5. The molecular formula is C18H16N4O4S2. The molecule has 0 aliphatic heterocycles. The van der Waals surface area contributed by atoms with Gasteiger partial charge in [-0.2, -0.15) is 0 Å². The van der Waals surface area contributed by atoms with Crippen molar-refractivity contribution in [2.45, 2.75) is 4.90 Å². The van der Waals surface area contributed by atoms with Crippen molar-refractivity contribution in [3.8, 4) is 0 Å². The maximum absolute atomic E-state index is 12.4. The molecule has 0 spiro atoms. The molecule has 0 radical (unpaired) electrons.